The number of halogens is 1. The summed E-state index contributed by atoms with van der Waals surface area (Å²) in [4.78, 5) is 25.0. The lowest BCUT2D eigenvalue weighted by atomic mass is 10.2. The summed E-state index contributed by atoms with van der Waals surface area (Å²) < 4.78 is 0. The third-order valence-corrected chi connectivity index (χ3v) is 3.41. The van der Waals surface area contributed by atoms with Gasteiger partial charge in [0, 0.05) is 24.2 Å². The third-order valence-electron chi connectivity index (χ3n) is 3.08. The van der Waals surface area contributed by atoms with E-state index in [1.807, 2.05) is 0 Å². The van der Waals surface area contributed by atoms with Crippen LogP contribution in [-0.4, -0.2) is 36.3 Å². The van der Waals surface area contributed by atoms with Crippen LogP contribution in [0.3, 0.4) is 0 Å². The summed E-state index contributed by atoms with van der Waals surface area (Å²) in [5.41, 5.74) is 6.53. The Morgan fingerprint density at radius 3 is 2.95 bits per heavy atom. The van der Waals surface area contributed by atoms with Crippen molar-refractivity contribution in [3.63, 3.8) is 0 Å². The fourth-order valence-corrected chi connectivity index (χ4v) is 2.25. The first-order valence-corrected chi connectivity index (χ1v) is 7.04. The molecule has 0 spiro atoms. The van der Waals surface area contributed by atoms with E-state index in [9.17, 15) is 9.59 Å². The smallest absolute Gasteiger partial charge is 0.243 e. The van der Waals surface area contributed by atoms with Gasteiger partial charge in [0.15, 0.2) is 0 Å². The molecule has 2 amide bonds. The van der Waals surface area contributed by atoms with Crippen molar-refractivity contribution in [1.29, 1.82) is 0 Å². The predicted octanol–water partition coefficient (Wildman–Crippen LogP) is 1.21. The Hall–Kier alpha value is -2.03. The van der Waals surface area contributed by atoms with Crippen LogP contribution in [0.5, 0.6) is 0 Å². The number of nitrogens with two attached hydrogens (primary N) is 1. The summed E-state index contributed by atoms with van der Waals surface area (Å²) in [6.07, 6.45) is 1.33. The summed E-state index contributed by atoms with van der Waals surface area (Å²) in [5, 5.41) is 3.25. The van der Waals surface area contributed by atoms with Crippen molar-refractivity contribution in [2.75, 3.05) is 25.0 Å². The largest absolute Gasteiger partial charge is 0.333 e. The molecule has 0 radical (unpaired) electrons. The Morgan fingerprint density at radius 2 is 2.29 bits per heavy atom. The number of carbonyl (C=O) groups excluding carboxylic acids is 2. The van der Waals surface area contributed by atoms with E-state index in [4.69, 9.17) is 17.3 Å². The standard InChI is InChI=1S/C15H16ClN3O2/c16-13-6-5-12(9-11(13)3-1-7-17)18-14(20)10-19-8-2-4-15(19)21/h5-6,9H,2,4,7-8,10,17H2,(H,18,20). The van der Waals surface area contributed by atoms with Gasteiger partial charge in [0.25, 0.3) is 0 Å². The quantitative estimate of drug-likeness (QED) is 0.824. The van der Waals surface area contributed by atoms with E-state index in [0.717, 1.165) is 6.42 Å². The molecule has 1 aromatic rings. The number of anilines is 1. The van der Waals surface area contributed by atoms with Crippen molar-refractivity contribution in [2.45, 2.75) is 12.8 Å². The van der Waals surface area contributed by atoms with Crippen LogP contribution in [-0.2, 0) is 9.59 Å². The van der Waals surface area contributed by atoms with E-state index in [1.165, 1.54) is 0 Å². The molecule has 1 aliphatic rings. The molecule has 0 unspecified atom stereocenters. The second kappa shape index (κ2) is 7.11. The molecule has 6 heteroatoms. The normalized spacial score (nSPS) is 13.8. The van der Waals surface area contributed by atoms with Crippen molar-refractivity contribution < 1.29 is 9.59 Å². The van der Waals surface area contributed by atoms with Gasteiger partial charge in [0.1, 0.15) is 0 Å². The molecule has 110 valence electrons. The first kappa shape index (κ1) is 15.4. The van der Waals surface area contributed by atoms with Gasteiger partial charge in [-0.05, 0) is 24.6 Å². The number of nitrogens with zero attached hydrogens (tertiary/aromatic N) is 1. The fraction of sp³-hybridized carbons (Fsp3) is 0.333. The van der Waals surface area contributed by atoms with Gasteiger partial charge in [0.2, 0.25) is 11.8 Å². The van der Waals surface area contributed by atoms with Gasteiger partial charge in [-0.1, -0.05) is 23.4 Å². The molecule has 1 aromatic carbocycles. The van der Waals surface area contributed by atoms with E-state index in [2.05, 4.69) is 17.2 Å². The maximum atomic E-state index is 11.9. The highest BCUT2D eigenvalue weighted by Gasteiger charge is 2.22. The number of likely N-dealkylation sites (tertiary alicyclic amines) is 1. The maximum Gasteiger partial charge on any atom is 0.243 e. The van der Waals surface area contributed by atoms with Crippen LogP contribution in [0, 0.1) is 11.8 Å². The molecule has 0 aliphatic carbocycles. The number of hydrogen-bond donors (Lipinski definition) is 2. The molecule has 1 fully saturated rings. The minimum atomic E-state index is -0.231. The van der Waals surface area contributed by atoms with Gasteiger partial charge in [-0.2, -0.15) is 0 Å². The number of carbonyl (C=O) groups is 2. The highest BCUT2D eigenvalue weighted by molar-refractivity contribution is 6.31. The highest BCUT2D eigenvalue weighted by atomic mass is 35.5. The van der Waals surface area contributed by atoms with Crippen LogP contribution < -0.4 is 11.1 Å². The summed E-state index contributed by atoms with van der Waals surface area (Å²) >= 11 is 6.02. The molecule has 0 saturated carbocycles. The molecule has 0 bridgehead atoms. The van der Waals surface area contributed by atoms with Crippen molar-refractivity contribution >= 4 is 29.1 Å². The Balaban J connectivity index is 2.02. The lowest BCUT2D eigenvalue weighted by Gasteiger charge is -2.15. The number of rotatable bonds is 3. The Bertz CT molecular complexity index is 619. The zero-order valence-electron chi connectivity index (χ0n) is 11.5. The number of benzene rings is 1. The van der Waals surface area contributed by atoms with Gasteiger partial charge < -0.3 is 16.0 Å². The van der Waals surface area contributed by atoms with Crippen LogP contribution in [0.2, 0.25) is 5.02 Å². The summed E-state index contributed by atoms with van der Waals surface area (Å²) in [7, 11) is 0. The summed E-state index contributed by atoms with van der Waals surface area (Å²) in [5.74, 6) is 5.35. The topological polar surface area (TPSA) is 75.4 Å². The molecular formula is C15H16ClN3O2. The van der Waals surface area contributed by atoms with Gasteiger partial charge in [-0.15, -0.1) is 0 Å². The molecule has 3 N–H and O–H groups in total. The molecule has 1 heterocycles. The molecule has 1 aliphatic heterocycles. The van der Waals surface area contributed by atoms with Gasteiger partial charge in [-0.25, -0.2) is 0 Å². The molecule has 1 saturated heterocycles. The zero-order valence-corrected chi connectivity index (χ0v) is 12.2. The first-order valence-electron chi connectivity index (χ1n) is 6.66. The first-order chi connectivity index (χ1) is 10.1. The minimum absolute atomic E-state index is 0.0238. The third kappa shape index (κ3) is 4.22. The Kier molecular flexibility index (Phi) is 5.20. The molecule has 21 heavy (non-hydrogen) atoms. The van der Waals surface area contributed by atoms with Crippen molar-refractivity contribution in [3.8, 4) is 11.8 Å². The lowest BCUT2D eigenvalue weighted by molar-refractivity contribution is -0.131. The predicted molar refractivity (Wildman–Crippen MR) is 81.8 cm³/mol. The average Bonchev–Trinajstić information content (AvgIpc) is 2.85. The molecule has 0 atom stereocenters. The van der Waals surface area contributed by atoms with Gasteiger partial charge >= 0.3 is 0 Å². The molecular weight excluding hydrogens is 290 g/mol. The van der Waals surface area contributed by atoms with Crippen LogP contribution in [0.4, 0.5) is 5.69 Å². The van der Waals surface area contributed by atoms with Crippen molar-refractivity contribution in [2.24, 2.45) is 5.73 Å². The summed E-state index contributed by atoms with van der Waals surface area (Å²) in [6, 6.07) is 5.05. The molecule has 5 nitrogen and oxygen atoms in total. The monoisotopic (exact) mass is 305 g/mol. The maximum absolute atomic E-state index is 11.9. The molecule has 2 rings (SSSR count). The van der Waals surface area contributed by atoms with Crippen LogP contribution in [0.25, 0.3) is 0 Å². The average molecular weight is 306 g/mol. The van der Waals surface area contributed by atoms with Gasteiger partial charge in [-0.3, -0.25) is 9.59 Å². The highest BCUT2D eigenvalue weighted by Crippen LogP contribution is 2.20. The van der Waals surface area contributed by atoms with Crippen molar-refractivity contribution in [1.82, 2.24) is 4.90 Å². The van der Waals surface area contributed by atoms with E-state index in [-0.39, 0.29) is 24.9 Å². The van der Waals surface area contributed by atoms with Crippen LogP contribution >= 0.6 is 11.6 Å². The van der Waals surface area contributed by atoms with E-state index >= 15 is 0 Å². The van der Waals surface area contributed by atoms with Gasteiger partial charge in [0.05, 0.1) is 18.1 Å². The van der Waals surface area contributed by atoms with Crippen LogP contribution in [0.1, 0.15) is 18.4 Å². The van der Waals surface area contributed by atoms with Crippen LogP contribution in [0.15, 0.2) is 18.2 Å². The van der Waals surface area contributed by atoms with Crippen molar-refractivity contribution in [3.05, 3.63) is 28.8 Å². The molecule has 0 aromatic heterocycles. The Labute approximate surface area is 128 Å². The lowest BCUT2D eigenvalue weighted by Crippen LogP contribution is -2.33. The summed E-state index contributed by atoms with van der Waals surface area (Å²) in [6.45, 7) is 0.954. The van der Waals surface area contributed by atoms with E-state index < -0.39 is 0 Å². The fourth-order valence-electron chi connectivity index (χ4n) is 2.09. The minimum Gasteiger partial charge on any atom is -0.333 e. The SMILES string of the molecule is NCC#Cc1cc(NC(=O)CN2CCCC2=O)ccc1Cl. The second-order valence-electron chi connectivity index (χ2n) is 4.67. The van der Waals surface area contributed by atoms with E-state index in [1.54, 1.807) is 23.1 Å². The van der Waals surface area contributed by atoms with E-state index in [0.29, 0.717) is 29.2 Å². The number of amides is 2. The number of hydrogen-bond acceptors (Lipinski definition) is 3. The zero-order chi connectivity index (χ0) is 15.2. The Morgan fingerprint density at radius 1 is 1.48 bits per heavy atom. The second-order valence-corrected chi connectivity index (χ2v) is 5.07. The number of nitrogens with one attached hydrogen (secondary N) is 1.